The standard InChI is InChI=1S/C12H17NO3/c1-3-16-12-8-10(4-5-11(12)15)6-7-13-9(2)14/h4-5,8,15H,3,6-7H2,1-2H3,(H,13,14). The van der Waals surface area contributed by atoms with E-state index in [1.165, 1.54) is 6.92 Å². The van der Waals surface area contributed by atoms with Crippen LogP contribution in [0.4, 0.5) is 0 Å². The number of hydrogen-bond acceptors (Lipinski definition) is 3. The molecule has 0 spiro atoms. The zero-order chi connectivity index (χ0) is 12.0. The number of carbonyl (C=O) groups is 1. The van der Waals surface area contributed by atoms with E-state index in [9.17, 15) is 9.90 Å². The third-order valence-electron chi connectivity index (χ3n) is 2.11. The van der Waals surface area contributed by atoms with Crippen molar-refractivity contribution in [1.29, 1.82) is 0 Å². The summed E-state index contributed by atoms with van der Waals surface area (Å²) in [6.45, 7) is 4.46. The summed E-state index contributed by atoms with van der Waals surface area (Å²) in [7, 11) is 0. The lowest BCUT2D eigenvalue weighted by molar-refractivity contribution is -0.118. The molecule has 0 bridgehead atoms. The maximum absolute atomic E-state index is 10.7. The second-order valence-corrected chi connectivity index (χ2v) is 3.47. The summed E-state index contributed by atoms with van der Waals surface area (Å²) in [6.07, 6.45) is 0.722. The van der Waals surface area contributed by atoms with Gasteiger partial charge in [-0.15, -0.1) is 0 Å². The van der Waals surface area contributed by atoms with Gasteiger partial charge in [-0.3, -0.25) is 4.79 Å². The number of carbonyl (C=O) groups excluding carboxylic acids is 1. The molecule has 0 aliphatic heterocycles. The zero-order valence-corrected chi connectivity index (χ0v) is 9.62. The van der Waals surface area contributed by atoms with Crippen LogP contribution >= 0.6 is 0 Å². The van der Waals surface area contributed by atoms with Gasteiger partial charge in [-0.05, 0) is 31.0 Å². The van der Waals surface area contributed by atoms with Crippen LogP contribution in [0.25, 0.3) is 0 Å². The van der Waals surface area contributed by atoms with Crippen LogP contribution in [0.2, 0.25) is 0 Å². The van der Waals surface area contributed by atoms with Crippen molar-refractivity contribution in [2.45, 2.75) is 20.3 Å². The van der Waals surface area contributed by atoms with Crippen molar-refractivity contribution >= 4 is 5.91 Å². The molecule has 4 heteroatoms. The average molecular weight is 223 g/mol. The van der Waals surface area contributed by atoms with Crippen LogP contribution in [-0.2, 0) is 11.2 Å². The SMILES string of the molecule is CCOc1cc(CCNC(C)=O)ccc1O. The second-order valence-electron chi connectivity index (χ2n) is 3.47. The van der Waals surface area contributed by atoms with Gasteiger partial charge in [-0.25, -0.2) is 0 Å². The van der Waals surface area contributed by atoms with Crippen molar-refractivity contribution in [1.82, 2.24) is 5.32 Å². The summed E-state index contributed by atoms with van der Waals surface area (Å²) in [4.78, 5) is 10.7. The van der Waals surface area contributed by atoms with Crippen LogP contribution in [0, 0.1) is 0 Å². The fourth-order valence-electron chi connectivity index (χ4n) is 1.37. The first-order valence-electron chi connectivity index (χ1n) is 5.32. The molecular formula is C12H17NO3. The zero-order valence-electron chi connectivity index (χ0n) is 9.62. The molecule has 1 amide bonds. The van der Waals surface area contributed by atoms with Gasteiger partial charge >= 0.3 is 0 Å². The highest BCUT2D eigenvalue weighted by Crippen LogP contribution is 2.26. The van der Waals surface area contributed by atoms with Gasteiger partial charge in [0, 0.05) is 13.5 Å². The van der Waals surface area contributed by atoms with Crippen LogP contribution in [0.5, 0.6) is 11.5 Å². The van der Waals surface area contributed by atoms with E-state index >= 15 is 0 Å². The van der Waals surface area contributed by atoms with Gasteiger partial charge in [-0.2, -0.15) is 0 Å². The van der Waals surface area contributed by atoms with Gasteiger partial charge in [0.2, 0.25) is 5.91 Å². The van der Waals surface area contributed by atoms with Gasteiger partial charge in [0.05, 0.1) is 6.61 Å². The van der Waals surface area contributed by atoms with Crippen molar-refractivity contribution in [3.05, 3.63) is 23.8 Å². The van der Waals surface area contributed by atoms with Gasteiger partial charge in [-0.1, -0.05) is 6.07 Å². The molecule has 0 unspecified atom stereocenters. The van der Waals surface area contributed by atoms with E-state index in [1.54, 1.807) is 12.1 Å². The summed E-state index contributed by atoms with van der Waals surface area (Å²) in [5.41, 5.74) is 1.02. The minimum atomic E-state index is -0.0381. The summed E-state index contributed by atoms with van der Waals surface area (Å²) >= 11 is 0. The molecule has 0 saturated carbocycles. The molecule has 1 aromatic rings. The van der Waals surface area contributed by atoms with E-state index in [4.69, 9.17) is 4.74 Å². The summed E-state index contributed by atoms with van der Waals surface area (Å²) in [5.74, 6) is 0.594. The minimum Gasteiger partial charge on any atom is -0.504 e. The lowest BCUT2D eigenvalue weighted by Crippen LogP contribution is -2.22. The molecule has 1 aromatic carbocycles. The Kier molecular flexibility index (Phi) is 4.64. The lowest BCUT2D eigenvalue weighted by atomic mass is 10.1. The molecule has 0 radical (unpaired) electrons. The van der Waals surface area contributed by atoms with Gasteiger partial charge < -0.3 is 15.2 Å². The van der Waals surface area contributed by atoms with Crippen LogP contribution in [0.15, 0.2) is 18.2 Å². The predicted octanol–water partition coefficient (Wildman–Crippen LogP) is 1.47. The first-order chi connectivity index (χ1) is 7.63. The maximum Gasteiger partial charge on any atom is 0.216 e. The Morgan fingerprint density at radius 3 is 2.88 bits per heavy atom. The molecule has 4 nitrogen and oxygen atoms in total. The van der Waals surface area contributed by atoms with E-state index < -0.39 is 0 Å². The fourth-order valence-corrected chi connectivity index (χ4v) is 1.37. The molecule has 0 fully saturated rings. The summed E-state index contributed by atoms with van der Waals surface area (Å²) < 4.78 is 5.27. The largest absolute Gasteiger partial charge is 0.504 e. The van der Waals surface area contributed by atoms with Gasteiger partial charge in [0.25, 0.3) is 0 Å². The first-order valence-corrected chi connectivity index (χ1v) is 5.32. The second kappa shape index (κ2) is 6.00. The van der Waals surface area contributed by atoms with E-state index in [-0.39, 0.29) is 11.7 Å². The Balaban J connectivity index is 2.60. The molecule has 0 aliphatic carbocycles. The number of phenolic OH excluding ortho intramolecular Hbond substituents is 1. The van der Waals surface area contributed by atoms with Crippen LogP contribution in [0.3, 0.4) is 0 Å². The number of ether oxygens (including phenoxy) is 1. The van der Waals surface area contributed by atoms with Gasteiger partial charge in [0.15, 0.2) is 11.5 Å². The monoisotopic (exact) mass is 223 g/mol. The van der Waals surface area contributed by atoms with Crippen molar-refractivity contribution in [3.8, 4) is 11.5 Å². The number of phenols is 1. The van der Waals surface area contributed by atoms with Gasteiger partial charge in [0.1, 0.15) is 0 Å². The van der Waals surface area contributed by atoms with E-state index in [0.29, 0.717) is 18.9 Å². The quantitative estimate of drug-likeness (QED) is 0.794. The highest BCUT2D eigenvalue weighted by atomic mass is 16.5. The van der Waals surface area contributed by atoms with Crippen molar-refractivity contribution < 1.29 is 14.6 Å². The highest BCUT2D eigenvalue weighted by Gasteiger charge is 2.03. The number of hydrogen-bond donors (Lipinski definition) is 2. The molecule has 0 aliphatic rings. The third-order valence-corrected chi connectivity index (χ3v) is 2.11. The minimum absolute atomic E-state index is 0.0381. The Hall–Kier alpha value is -1.71. The number of rotatable bonds is 5. The van der Waals surface area contributed by atoms with Crippen molar-refractivity contribution in [2.24, 2.45) is 0 Å². The van der Waals surface area contributed by atoms with E-state index in [0.717, 1.165) is 12.0 Å². The third kappa shape index (κ3) is 3.81. The first kappa shape index (κ1) is 12.4. The molecule has 0 saturated heterocycles. The molecule has 0 aromatic heterocycles. The maximum atomic E-state index is 10.7. The Morgan fingerprint density at radius 2 is 2.25 bits per heavy atom. The van der Waals surface area contributed by atoms with Crippen LogP contribution < -0.4 is 10.1 Å². The number of aromatic hydroxyl groups is 1. The number of amides is 1. The topological polar surface area (TPSA) is 58.6 Å². The van der Waals surface area contributed by atoms with Crippen LogP contribution in [0.1, 0.15) is 19.4 Å². The number of benzene rings is 1. The predicted molar refractivity (Wildman–Crippen MR) is 61.7 cm³/mol. The molecule has 16 heavy (non-hydrogen) atoms. The average Bonchev–Trinajstić information content (AvgIpc) is 2.22. The lowest BCUT2D eigenvalue weighted by Gasteiger charge is -2.08. The molecule has 0 heterocycles. The molecular weight excluding hydrogens is 206 g/mol. The normalized spacial score (nSPS) is 9.88. The van der Waals surface area contributed by atoms with E-state index in [2.05, 4.69) is 5.32 Å². The molecule has 2 N–H and O–H groups in total. The van der Waals surface area contributed by atoms with Crippen molar-refractivity contribution in [3.63, 3.8) is 0 Å². The Morgan fingerprint density at radius 1 is 1.50 bits per heavy atom. The van der Waals surface area contributed by atoms with E-state index in [1.807, 2.05) is 13.0 Å². The Labute approximate surface area is 95.2 Å². The molecule has 0 atom stereocenters. The molecule has 88 valence electrons. The molecule has 1 rings (SSSR count). The van der Waals surface area contributed by atoms with Crippen LogP contribution in [-0.4, -0.2) is 24.2 Å². The number of nitrogens with one attached hydrogen (secondary N) is 1. The highest BCUT2D eigenvalue weighted by molar-refractivity contribution is 5.72. The fraction of sp³-hybridized carbons (Fsp3) is 0.417. The summed E-state index contributed by atoms with van der Waals surface area (Å²) in [5, 5.41) is 12.2. The Bertz CT molecular complexity index is 363. The van der Waals surface area contributed by atoms with Crippen molar-refractivity contribution in [2.75, 3.05) is 13.2 Å². The smallest absolute Gasteiger partial charge is 0.216 e. The summed E-state index contributed by atoms with van der Waals surface area (Å²) in [6, 6.07) is 5.22.